The first kappa shape index (κ1) is 18.2. The Morgan fingerprint density at radius 2 is 1.59 bits per heavy atom. The molecule has 2 N–H and O–H groups in total. The van der Waals surface area contributed by atoms with Gasteiger partial charge in [0.2, 0.25) is 11.8 Å². The van der Waals surface area contributed by atoms with Gasteiger partial charge in [-0.3, -0.25) is 29.4 Å². The molecule has 3 atom stereocenters. The largest absolute Gasteiger partial charge is 0.366 e. The number of imide groups is 2. The van der Waals surface area contributed by atoms with E-state index in [1.54, 1.807) is 4.90 Å². The van der Waals surface area contributed by atoms with Gasteiger partial charge < -0.3 is 10.2 Å². The van der Waals surface area contributed by atoms with Gasteiger partial charge in [-0.25, -0.2) is 8.78 Å². The number of halogens is 2. The van der Waals surface area contributed by atoms with Gasteiger partial charge >= 0.3 is 0 Å². The molecular formula is C19H18F2N4O4. The van der Waals surface area contributed by atoms with E-state index in [1.807, 2.05) is 0 Å². The second-order valence-corrected chi connectivity index (χ2v) is 7.93. The zero-order valence-electron chi connectivity index (χ0n) is 15.3. The van der Waals surface area contributed by atoms with Crippen molar-refractivity contribution in [1.82, 2.24) is 15.5 Å². The molecule has 4 aliphatic heterocycles. The first-order valence-corrected chi connectivity index (χ1v) is 9.59. The van der Waals surface area contributed by atoms with E-state index in [1.165, 1.54) is 0 Å². The minimum atomic E-state index is -1.27. The number of fused-ring (bicyclic) bond motifs is 3. The van der Waals surface area contributed by atoms with Crippen LogP contribution in [0.2, 0.25) is 0 Å². The van der Waals surface area contributed by atoms with E-state index in [9.17, 15) is 23.6 Å². The summed E-state index contributed by atoms with van der Waals surface area (Å²) in [5, 5.41) is 5.45. The Morgan fingerprint density at radius 1 is 0.931 bits per heavy atom. The van der Waals surface area contributed by atoms with Crippen molar-refractivity contribution < 1.29 is 28.0 Å². The summed E-state index contributed by atoms with van der Waals surface area (Å²) in [6, 6.07) is 0.0267. The Bertz CT molecular complexity index is 969. The summed E-state index contributed by atoms with van der Waals surface area (Å²) >= 11 is 0. The molecule has 4 heterocycles. The van der Waals surface area contributed by atoms with Gasteiger partial charge in [0.1, 0.15) is 11.9 Å². The van der Waals surface area contributed by atoms with Crippen molar-refractivity contribution in [2.45, 2.75) is 43.8 Å². The lowest BCUT2D eigenvalue weighted by Gasteiger charge is -2.35. The van der Waals surface area contributed by atoms with Crippen molar-refractivity contribution in [3.05, 3.63) is 28.8 Å². The molecule has 5 rings (SSSR count). The Balaban J connectivity index is 1.53. The van der Waals surface area contributed by atoms with Crippen molar-refractivity contribution in [2.24, 2.45) is 0 Å². The molecule has 3 saturated heterocycles. The van der Waals surface area contributed by atoms with E-state index in [4.69, 9.17) is 0 Å². The monoisotopic (exact) mass is 404 g/mol. The van der Waals surface area contributed by atoms with Crippen LogP contribution in [0.1, 0.15) is 46.4 Å². The number of carbonyl (C=O) groups is 4. The number of nitrogens with one attached hydrogen (secondary N) is 2. The minimum Gasteiger partial charge on any atom is -0.366 e. The van der Waals surface area contributed by atoms with E-state index >= 15 is 4.39 Å². The minimum absolute atomic E-state index is 0.0501. The lowest BCUT2D eigenvalue weighted by Crippen LogP contribution is -2.54. The third kappa shape index (κ3) is 2.65. The fourth-order valence-corrected chi connectivity index (χ4v) is 4.79. The molecule has 152 valence electrons. The fourth-order valence-electron chi connectivity index (χ4n) is 4.79. The van der Waals surface area contributed by atoms with Crippen LogP contribution in [0.15, 0.2) is 6.07 Å². The van der Waals surface area contributed by atoms with E-state index < -0.39 is 52.4 Å². The highest BCUT2D eigenvalue weighted by Gasteiger charge is 2.48. The van der Waals surface area contributed by atoms with Gasteiger partial charge in [0.15, 0.2) is 5.82 Å². The molecular weight excluding hydrogens is 386 g/mol. The summed E-state index contributed by atoms with van der Waals surface area (Å²) in [6.45, 7) is 0.954. The first-order valence-electron chi connectivity index (χ1n) is 9.59. The quantitative estimate of drug-likeness (QED) is 0.689. The molecule has 8 nitrogen and oxygen atoms in total. The van der Waals surface area contributed by atoms with E-state index in [-0.39, 0.29) is 30.6 Å². The van der Waals surface area contributed by atoms with Crippen LogP contribution in [0.25, 0.3) is 0 Å². The van der Waals surface area contributed by atoms with Gasteiger partial charge in [0.25, 0.3) is 11.8 Å². The maximum atomic E-state index is 15.4. The van der Waals surface area contributed by atoms with Gasteiger partial charge in [-0.15, -0.1) is 0 Å². The summed E-state index contributed by atoms with van der Waals surface area (Å²) in [5.74, 6) is -5.38. The molecule has 0 aliphatic carbocycles. The van der Waals surface area contributed by atoms with Crippen molar-refractivity contribution >= 4 is 29.3 Å². The summed E-state index contributed by atoms with van der Waals surface area (Å²) in [5.41, 5.74) is -1.34. The van der Waals surface area contributed by atoms with Crippen molar-refractivity contribution in [1.29, 1.82) is 0 Å². The predicted molar refractivity (Wildman–Crippen MR) is 95.2 cm³/mol. The third-order valence-corrected chi connectivity index (χ3v) is 6.14. The molecule has 4 amide bonds. The number of piperidine rings is 1. The van der Waals surface area contributed by atoms with E-state index in [0.717, 1.165) is 18.9 Å². The molecule has 4 aliphatic rings. The van der Waals surface area contributed by atoms with Crippen LogP contribution in [0, 0.1) is 11.6 Å². The van der Waals surface area contributed by atoms with Crippen LogP contribution >= 0.6 is 0 Å². The maximum Gasteiger partial charge on any atom is 0.265 e. The average molecular weight is 404 g/mol. The molecule has 0 aromatic heterocycles. The molecule has 29 heavy (non-hydrogen) atoms. The lowest BCUT2D eigenvalue weighted by molar-refractivity contribution is -0.136. The zero-order valence-corrected chi connectivity index (χ0v) is 15.3. The predicted octanol–water partition coefficient (Wildman–Crippen LogP) is 0.307. The van der Waals surface area contributed by atoms with E-state index in [2.05, 4.69) is 10.6 Å². The Labute approximate surface area is 164 Å². The van der Waals surface area contributed by atoms with Gasteiger partial charge in [-0.05, 0) is 19.3 Å². The lowest BCUT2D eigenvalue weighted by atomic mass is 10.0. The van der Waals surface area contributed by atoms with Crippen LogP contribution in [-0.4, -0.2) is 59.7 Å². The number of piperazine rings is 1. The molecule has 10 heteroatoms. The number of hydrogen-bond donors (Lipinski definition) is 2. The number of amides is 4. The number of rotatable bonds is 2. The molecule has 3 fully saturated rings. The normalized spacial score (nSPS) is 28.8. The molecule has 2 bridgehead atoms. The molecule has 0 saturated carbocycles. The standard InChI is InChI=1S/C19H18F2N4O4/c20-10-5-12(24-6-8-1-2-9(7-24)22-8)16(21)15-14(10)18(28)25(19(15)29)11-3-4-13(26)23-17(11)27/h5,8-9,11,22H,1-4,6-7H2,(H,23,26,27). The smallest absolute Gasteiger partial charge is 0.265 e. The van der Waals surface area contributed by atoms with Gasteiger partial charge in [0.05, 0.1) is 16.8 Å². The molecule has 1 aromatic rings. The SMILES string of the molecule is O=C1CCC(N2C(=O)c3c(F)cc(N4CC5CCC(C4)N5)c(F)c3C2=O)C(=O)N1. The first-order chi connectivity index (χ1) is 13.8. The zero-order chi connectivity index (χ0) is 20.4. The second kappa shape index (κ2) is 6.31. The van der Waals surface area contributed by atoms with Gasteiger partial charge in [-0.2, -0.15) is 0 Å². The van der Waals surface area contributed by atoms with Crippen LogP contribution in [0.3, 0.4) is 0 Å². The third-order valence-electron chi connectivity index (χ3n) is 6.14. The van der Waals surface area contributed by atoms with Crippen molar-refractivity contribution in [3.8, 4) is 0 Å². The Morgan fingerprint density at radius 3 is 2.24 bits per heavy atom. The number of nitrogens with zero attached hydrogens (tertiary/aromatic N) is 2. The van der Waals surface area contributed by atoms with Crippen LogP contribution < -0.4 is 15.5 Å². The van der Waals surface area contributed by atoms with Gasteiger partial charge in [-0.1, -0.05) is 0 Å². The summed E-state index contributed by atoms with van der Waals surface area (Å²) in [6.07, 6.45) is 1.74. The second-order valence-electron chi connectivity index (χ2n) is 7.93. The number of benzene rings is 1. The highest BCUT2D eigenvalue weighted by Crippen LogP contribution is 2.37. The molecule has 3 unspecified atom stereocenters. The Hall–Kier alpha value is -2.88. The summed E-state index contributed by atoms with van der Waals surface area (Å²) < 4.78 is 30.2. The highest BCUT2D eigenvalue weighted by atomic mass is 19.1. The number of carbonyl (C=O) groups excluding carboxylic acids is 4. The van der Waals surface area contributed by atoms with Crippen molar-refractivity contribution in [2.75, 3.05) is 18.0 Å². The summed E-state index contributed by atoms with van der Waals surface area (Å²) in [4.78, 5) is 51.3. The highest BCUT2D eigenvalue weighted by molar-refractivity contribution is 6.24. The maximum absolute atomic E-state index is 15.4. The summed E-state index contributed by atoms with van der Waals surface area (Å²) in [7, 11) is 0. The van der Waals surface area contributed by atoms with Crippen LogP contribution in [0.5, 0.6) is 0 Å². The number of anilines is 1. The molecule has 0 spiro atoms. The van der Waals surface area contributed by atoms with Gasteiger partial charge in [0, 0.05) is 37.7 Å². The molecule has 0 radical (unpaired) electrons. The average Bonchev–Trinajstić information content (AvgIpc) is 3.15. The van der Waals surface area contributed by atoms with Crippen LogP contribution in [-0.2, 0) is 9.59 Å². The van der Waals surface area contributed by atoms with Crippen molar-refractivity contribution in [3.63, 3.8) is 0 Å². The topological polar surface area (TPSA) is 98.8 Å². The Kier molecular flexibility index (Phi) is 3.95. The molecule has 1 aromatic carbocycles. The van der Waals surface area contributed by atoms with E-state index in [0.29, 0.717) is 18.0 Å². The number of hydrogen-bond acceptors (Lipinski definition) is 6. The van der Waals surface area contributed by atoms with Crippen LogP contribution in [0.4, 0.5) is 14.5 Å². The fraction of sp³-hybridized carbons (Fsp3) is 0.474.